The average molecular weight is 454 g/mol. The summed E-state index contributed by atoms with van der Waals surface area (Å²) in [6.07, 6.45) is 1.42. The molecule has 176 valence electrons. The second kappa shape index (κ2) is 9.61. The van der Waals surface area contributed by atoms with Crippen molar-refractivity contribution in [1.82, 2.24) is 9.80 Å². The SMILES string of the molecule is Cc1ccc(COC[C@@H](N)C(=O)N2CCCC3(C2)C(=O)N(C)CC3c2ccc(F)cc2)cc1. The van der Waals surface area contributed by atoms with Crippen molar-refractivity contribution in [2.75, 3.05) is 33.3 Å². The minimum Gasteiger partial charge on any atom is -0.375 e. The number of carbonyl (C=O) groups excluding carboxylic acids is 2. The first-order valence-corrected chi connectivity index (χ1v) is 11.5. The fourth-order valence-electron chi connectivity index (χ4n) is 5.21. The molecule has 0 aromatic heterocycles. The number of rotatable bonds is 6. The smallest absolute Gasteiger partial charge is 0.241 e. The van der Waals surface area contributed by atoms with Crippen LogP contribution in [0.2, 0.25) is 0 Å². The summed E-state index contributed by atoms with van der Waals surface area (Å²) in [4.78, 5) is 29.9. The molecule has 2 aromatic rings. The number of benzene rings is 2. The van der Waals surface area contributed by atoms with E-state index in [1.165, 1.54) is 17.7 Å². The summed E-state index contributed by atoms with van der Waals surface area (Å²) in [5.41, 5.74) is 8.62. The zero-order valence-corrected chi connectivity index (χ0v) is 19.3. The molecule has 4 rings (SSSR count). The fraction of sp³-hybridized carbons (Fsp3) is 0.462. The maximum atomic E-state index is 13.5. The van der Waals surface area contributed by atoms with Gasteiger partial charge in [0, 0.05) is 32.6 Å². The Bertz CT molecular complexity index is 995. The molecule has 2 fully saturated rings. The Balaban J connectivity index is 1.43. The molecule has 3 atom stereocenters. The third-order valence-corrected chi connectivity index (χ3v) is 7.01. The number of likely N-dealkylation sites (N-methyl/N-ethyl adjacent to an activating group) is 1. The van der Waals surface area contributed by atoms with Gasteiger partial charge in [-0.15, -0.1) is 0 Å². The van der Waals surface area contributed by atoms with Crippen molar-refractivity contribution in [3.63, 3.8) is 0 Å². The van der Waals surface area contributed by atoms with Crippen LogP contribution in [-0.4, -0.2) is 60.9 Å². The van der Waals surface area contributed by atoms with Crippen LogP contribution in [0.1, 0.15) is 35.4 Å². The van der Waals surface area contributed by atoms with Gasteiger partial charge < -0.3 is 20.3 Å². The van der Waals surface area contributed by atoms with E-state index in [0.29, 0.717) is 32.7 Å². The minimum absolute atomic E-state index is 0.0403. The van der Waals surface area contributed by atoms with Gasteiger partial charge in [0.25, 0.3) is 0 Å². The van der Waals surface area contributed by atoms with Gasteiger partial charge in [-0.25, -0.2) is 4.39 Å². The second-order valence-electron chi connectivity index (χ2n) is 9.42. The van der Waals surface area contributed by atoms with Crippen LogP contribution >= 0.6 is 0 Å². The number of nitrogens with zero attached hydrogens (tertiary/aromatic N) is 2. The lowest BCUT2D eigenvalue weighted by Gasteiger charge is -2.42. The topological polar surface area (TPSA) is 75.9 Å². The van der Waals surface area contributed by atoms with Gasteiger partial charge in [-0.05, 0) is 43.0 Å². The number of halogens is 1. The lowest BCUT2D eigenvalue weighted by atomic mass is 9.69. The molecule has 0 aliphatic carbocycles. The van der Waals surface area contributed by atoms with Crippen LogP contribution in [0.3, 0.4) is 0 Å². The normalized spacial score (nSPS) is 23.9. The largest absolute Gasteiger partial charge is 0.375 e. The number of likely N-dealkylation sites (tertiary alicyclic amines) is 2. The summed E-state index contributed by atoms with van der Waals surface area (Å²) in [6.45, 7) is 3.98. The Morgan fingerprint density at radius 2 is 1.91 bits per heavy atom. The highest BCUT2D eigenvalue weighted by atomic mass is 19.1. The maximum absolute atomic E-state index is 13.5. The molecule has 2 aliphatic rings. The monoisotopic (exact) mass is 453 g/mol. The number of piperidine rings is 1. The summed E-state index contributed by atoms with van der Waals surface area (Å²) in [5, 5.41) is 0. The Labute approximate surface area is 194 Å². The highest BCUT2D eigenvalue weighted by Gasteiger charge is 2.55. The van der Waals surface area contributed by atoms with Crippen LogP contribution in [0, 0.1) is 18.2 Å². The lowest BCUT2D eigenvalue weighted by molar-refractivity contribution is -0.144. The standard InChI is InChI=1S/C26H32FN3O3/c1-18-4-6-19(7-5-18)15-33-16-23(28)24(31)30-13-3-12-26(17-30)22(14-29(2)25(26)32)20-8-10-21(27)11-9-20/h4-11,22-23H,3,12-17,28H2,1-2H3/t22?,23-,26?/m1/s1. The van der Waals surface area contributed by atoms with Crippen LogP contribution in [0.25, 0.3) is 0 Å². The average Bonchev–Trinajstić information content (AvgIpc) is 3.05. The Hall–Kier alpha value is -2.77. The van der Waals surface area contributed by atoms with E-state index in [4.69, 9.17) is 10.5 Å². The van der Waals surface area contributed by atoms with E-state index in [0.717, 1.165) is 17.5 Å². The molecule has 2 aliphatic heterocycles. The van der Waals surface area contributed by atoms with Gasteiger partial charge in [0.15, 0.2) is 0 Å². The molecular weight excluding hydrogens is 421 g/mol. The van der Waals surface area contributed by atoms with Crippen molar-refractivity contribution >= 4 is 11.8 Å². The zero-order chi connectivity index (χ0) is 23.6. The molecule has 0 bridgehead atoms. The van der Waals surface area contributed by atoms with Crippen molar-refractivity contribution in [3.05, 3.63) is 71.0 Å². The summed E-state index contributed by atoms with van der Waals surface area (Å²) < 4.78 is 19.2. The van der Waals surface area contributed by atoms with Crippen LogP contribution in [0.15, 0.2) is 48.5 Å². The predicted molar refractivity (Wildman–Crippen MR) is 124 cm³/mol. The molecule has 33 heavy (non-hydrogen) atoms. The molecule has 2 saturated heterocycles. The minimum atomic E-state index is -0.788. The first kappa shape index (κ1) is 23.4. The fourth-order valence-corrected chi connectivity index (χ4v) is 5.21. The van der Waals surface area contributed by atoms with Crippen molar-refractivity contribution in [3.8, 4) is 0 Å². The maximum Gasteiger partial charge on any atom is 0.241 e. The van der Waals surface area contributed by atoms with Crippen molar-refractivity contribution in [1.29, 1.82) is 0 Å². The molecular formula is C26H32FN3O3. The van der Waals surface area contributed by atoms with Gasteiger partial charge in [-0.3, -0.25) is 9.59 Å². The molecule has 6 nitrogen and oxygen atoms in total. The number of carbonyl (C=O) groups is 2. The van der Waals surface area contributed by atoms with Gasteiger partial charge in [0.1, 0.15) is 11.9 Å². The number of aryl methyl sites for hydroxylation is 1. The molecule has 2 heterocycles. The Kier molecular flexibility index (Phi) is 6.81. The van der Waals surface area contributed by atoms with Gasteiger partial charge in [0.05, 0.1) is 18.6 Å². The number of ether oxygens (including phenoxy) is 1. The lowest BCUT2D eigenvalue weighted by Crippen LogP contribution is -2.55. The molecule has 0 saturated carbocycles. The molecule has 1 spiro atoms. The van der Waals surface area contributed by atoms with Crippen LogP contribution in [-0.2, 0) is 20.9 Å². The third-order valence-electron chi connectivity index (χ3n) is 7.01. The number of nitrogens with two attached hydrogens (primary N) is 1. The summed E-state index contributed by atoms with van der Waals surface area (Å²) in [5.74, 6) is -0.556. The van der Waals surface area contributed by atoms with Crippen molar-refractivity contribution in [2.45, 2.75) is 38.3 Å². The number of hydrogen-bond donors (Lipinski definition) is 1. The van der Waals surface area contributed by atoms with Crippen molar-refractivity contribution in [2.24, 2.45) is 11.1 Å². The van der Waals surface area contributed by atoms with Gasteiger partial charge in [-0.2, -0.15) is 0 Å². The Morgan fingerprint density at radius 1 is 1.21 bits per heavy atom. The Morgan fingerprint density at radius 3 is 2.61 bits per heavy atom. The molecule has 2 amide bonds. The van der Waals surface area contributed by atoms with E-state index in [-0.39, 0.29) is 30.2 Å². The highest BCUT2D eigenvalue weighted by Crippen LogP contribution is 2.49. The van der Waals surface area contributed by atoms with E-state index in [1.54, 1.807) is 29.0 Å². The number of amides is 2. The van der Waals surface area contributed by atoms with E-state index >= 15 is 0 Å². The highest BCUT2D eigenvalue weighted by molar-refractivity contribution is 5.89. The van der Waals surface area contributed by atoms with E-state index < -0.39 is 11.5 Å². The van der Waals surface area contributed by atoms with E-state index in [2.05, 4.69) is 0 Å². The molecule has 7 heteroatoms. The summed E-state index contributed by atoms with van der Waals surface area (Å²) in [7, 11) is 1.79. The van der Waals surface area contributed by atoms with Crippen LogP contribution < -0.4 is 5.73 Å². The first-order chi connectivity index (χ1) is 15.8. The molecule has 2 N–H and O–H groups in total. The van der Waals surface area contributed by atoms with Crippen LogP contribution in [0.4, 0.5) is 4.39 Å². The number of hydrogen-bond acceptors (Lipinski definition) is 4. The van der Waals surface area contributed by atoms with Gasteiger partial charge >= 0.3 is 0 Å². The van der Waals surface area contributed by atoms with E-state index in [1.807, 2.05) is 31.2 Å². The summed E-state index contributed by atoms with van der Waals surface area (Å²) in [6, 6.07) is 13.6. The quantitative estimate of drug-likeness (QED) is 0.730. The van der Waals surface area contributed by atoms with Crippen LogP contribution in [0.5, 0.6) is 0 Å². The van der Waals surface area contributed by atoms with Crippen molar-refractivity contribution < 1.29 is 18.7 Å². The van der Waals surface area contributed by atoms with Gasteiger partial charge in [0.2, 0.25) is 11.8 Å². The molecule has 0 radical (unpaired) electrons. The summed E-state index contributed by atoms with van der Waals surface area (Å²) >= 11 is 0. The molecule has 2 aromatic carbocycles. The predicted octanol–water partition coefficient (Wildman–Crippen LogP) is 2.84. The molecule has 2 unspecified atom stereocenters. The first-order valence-electron chi connectivity index (χ1n) is 11.5. The zero-order valence-electron chi connectivity index (χ0n) is 19.3. The second-order valence-corrected chi connectivity index (χ2v) is 9.42. The third kappa shape index (κ3) is 4.80. The van der Waals surface area contributed by atoms with E-state index in [9.17, 15) is 14.0 Å². The van der Waals surface area contributed by atoms with Gasteiger partial charge in [-0.1, -0.05) is 42.0 Å².